The molecule has 0 aromatic carbocycles. The van der Waals surface area contributed by atoms with Crippen molar-refractivity contribution in [2.75, 3.05) is 0 Å². The smallest absolute Gasteiger partial charge is 0.329 e. The average Bonchev–Trinajstić information content (AvgIpc) is 2.80. The van der Waals surface area contributed by atoms with Gasteiger partial charge in [-0.2, -0.15) is 5.10 Å². The number of hydrazone groups is 1. The standard InChI is InChI=1S/C8H6ClN5O2S/c9-5-4(3-11-13-7(16)6(10)15)14-1-2-17-8(14)12-5/h1-3H,(H2,10,15)(H,13,16)/b11-3+. The van der Waals surface area contributed by atoms with Crippen LogP contribution in [-0.2, 0) is 9.59 Å². The van der Waals surface area contributed by atoms with Crippen molar-refractivity contribution in [3.63, 3.8) is 0 Å². The first kappa shape index (κ1) is 11.6. The van der Waals surface area contributed by atoms with Gasteiger partial charge in [-0.25, -0.2) is 10.4 Å². The number of aromatic nitrogens is 2. The highest BCUT2D eigenvalue weighted by atomic mass is 35.5. The molecule has 0 saturated heterocycles. The van der Waals surface area contributed by atoms with Crippen molar-refractivity contribution in [3.8, 4) is 0 Å². The Morgan fingerprint density at radius 2 is 2.41 bits per heavy atom. The van der Waals surface area contributed by atoms with Crippen molar-refractivity contribution in [2.45, 2.75) is 0 Å². The summed E-state index contributed by atoms with van der Waals surface area (Å²) in [6, 6.07) is 0. The highest BCUT2D eigenvalue weighted by Crippen LogP contribution is 2.19. The fourth-order valence-electron chi connectivity index (χ4n) is 1.10. The Morgan fingerprint density at radius 1 is 1.65 bits per heavy atom. The Balaban J connectivity index is 2.20. The van der Waals surface area contributed by atoms with Crippen LogP contribution in [0.15, 0.2) is 16.7 Å². The largest absolute Gasteiger partial charge is 0.361 e. The summed E-state index contributed by atoms with van der Waals surface area (Å²) in [6.45, 7) is 0. The fourth-order valence-corrected chi connectivity index (χ4v) is 2.09. The molecule has 0 unspecified atom stereocenters. The van der Waals surface area contributed by atoms with Gasteiger partial charge in [0.25, 0.3) is 0 Å². The number of carbonyl (C=O) groups excluding carboxylic acids is 2. The number of fused-ring (bicyclic) bond motifs is 1. The number of imidazole rings is 1. The van der Waals surface area contributed by atoms with E-state index in [0.717, 1.165) is 0 Å². The number of nitrogens with zero attached hydrogens (tertiary/aromatic N) is 3. The second-order valence-corrected chi connectivity index (χ2v) is 4.14. The molecule has 0 fully saturated rings. The first-order valence-electron chi connectivity index (χ1n) is 4.33. The van der Waals surface area contributed by atoms with Crippen LogP contribution >= 0.6 is 22.9 Å². The van der Waals surface area contributed by atoms with Gasteiger partial charge in [0.2, 0.25) is 0 Å². The third-order valence-electron chi connectivity index (χ3n) is 1.83. The molecule has 2 amide bonds. The van der Waals surface area contributed by atoms with Gasteiger partial charge in [-0.15, -0.1) is 11.3 Å². The number of thiazole rings is 1. The van der Waals surface area contributed by atoms with Crippen LogP contribution in [0.4, 0.5) is 0 Å². The summed E-state index contributed by atoms with van der Waals surface area (Å²) in [5.41, 5.74) is 7.20. The van der Waals surface area contributed by atoms with Crippen LogP contribution in [0.2, 0.25) is 5.15 Å². The second-order valence-electron chi connectivity index (χ2n) is 2.91. The molecular weight excluding hydrogens is 266 g/mol. The molecule has 9 heteroatoms. The quantitative estimate of drug-likeness (QED) is 0.456. The van der Waals surface area contributed by atoms with E-state index in [-0.39, 0.29) is 5.15 Å². The Morgan fingerprint density at radius 3 is 3.12 bits per heavy atom. The summed E-state index contributed by atoms with van der Waals surface area (Å²) >= 11 is 7.28. The van der Waals surface area contributed by atoms with E-state index in [1.54, 1.807) is 10.6 Å². The first-order valence-corrected chi connectivity index (χ1v) is 5.59. The van der Waals surface area contributed by atoms with Crippen molar-refractivity contribution in [2.24, 2.45) is 10.8 Å². The van der Waals surface area contributed by atoms with Gasteiger partial charge in [0.15, 0.2) is 10.1 Å². The second kappa shape index (κ2) is 4.52. The lowest BCUT2D eigenvalue weighted by Crippen LogP contribution is -2.32. The summed E-state index contributed by atoms with van der Waals surface area (Å²) in [5, 5.41) is 5.65. The predicted octanol–water partition coefficient (Wildman–Crippen LogP) is -0.0154. The van der Waals surface area contributed by atoms with Gasteiger partial charge in [0.1, 0.15) is 5.69 Å². The minimum absolute atomic E-state index is 0.258. The molecule has 2 rings (SSSR count). The van der Waals surface area contributed by atoms with E-state index in [9.17, 15) is 9.59 Å². The predicted molar refractivity (Wildman–Crippen MR) is 63.0 cm³/mol. The maximum absolute atomic E-state index is 10.8. The van der Waals surface area contributed by atoms with Crippen molar-refractivity contribution in [3.05, 3.63) is 22.4 Å². The van der Waals surface area contributed by atoms with E-state index in [1.807, 2.05) is 10.8 Å². The molecule has 0 radical (unpaired) electrons. The van der Waals surface area contributed by atoms with E-state index in [2.05, 4.69) is 10.1 Å². The van der Waals surface area contributed by atoms with Crippen LogP contribution in [0.25, 0.3) is 4.96 Å². The number of hydrogen-bond donors (Lipinski definition) is 2. The van der Waals surface area contributed by atoms with E-state index in [4.69, 9.17) is 17.3 Å². The minimum Gasteiger partial charge on any atom is -0.361 e. The molecule has 0 spiro atoms. The van der Waals surface area contributed by atoms with Crippen LogP contribution in [0.5, 0.6) is 0 Å². The maximum atomic E-state index is 10.8. The van der Waals surface area contributed by atoms with Crippen LogP contribution in [0.3, 0.4) is 0 Å². The molecule has 3 N–H and O–H groups in total. The highest BCUT2D eigenvalue weighted by molar-refractivity contribution is 7.15. The molecule has 7 nitrogen and oxygen atoms in total. The first-order chi connectivity index (χ1) is 8.09. The van der Waals surface area contributed by atoms with E-state index in [0.29, 0.717) is 10.7 Å². The number of rotatable bonds is 2. The normalized spacial score (nSPS) is 11.1. The molecule has 0 bridgehead atoms. The molecule has 88 valence electrons. The van der Waals surface area contributed by atoms with Crippen LogP contribution < -0.4 is 11.2 Å². The van der Waals surface area contributed by atoms with Gasteiger partial charge in [-0.05, 0) is 0 Å². The van der Waals surface area contributed by atoms with Gasteiger partial charge in [0.05, 0.1) is 6.21 Å². The molecule has 0 aliphatic rings. The number of nitrogens with one attached hydrogen (secondary N) is 1. The number of hydrogen-bond acceptors (Lipinski definition) is 5. The van der Waals surface area contributed by atoms with Gasteiger partial charge in [0, 0.05) is 11.6 Å². The van der Waals surface area contributed by atoms with Gasteiger partial charge in [-0.3, -0.25) is 14.0 Å². The summed E-state index contributed by atoms with van der Waals surface area (Å²) in [4.78, 5) is 26.0. The lowest BCUT2D eigenvalue weighted by atomic mass is 10.5. The number of nitrogens with two attached hydrogens (primary N) is 1. The van der Waals surface area contributed by atoms with Crippen molar-refractivity contribution >= 4 is 45.9 Å². The zero-order valence-corrected chi connectivity index (χ0v) is 9.83. The maximum Gasteiger partial charge on any atom is 0.329 e. The molecule has 0 aliphatic carbocycles. The molecular formula is C8H6ClN5O2S. The molecule has 2 heterocycles. The Hall–Kier alpha value is -1.93. The zero-order chi connectivity index (χ0) is 12.4. The molecule has 17 heavy (non-hydrogen) atoms. The summed E-state index contributed by atoms with van der Waals surface area (Å²) < 4.78 is 1.70. The zero-order valence-electron chi connectivity index (χ0n) is 8.25. The third kappa shape index (κ3) is 2.27. The van der Waals surface area contributed by atoms with Crippen molar-refractivity contribution < 1.29 is 9.59 Å². The fraction of sp³-hybridized carbons (Fsp3) is 0. The van der Waals surface area contributed by atoms with E-state index < -0.39 is 11.8 Å². The number of primary amides is 1. The van der Waals surface area contributed by atoms with Crippen molar-refractivity contribution in [1.29, 1.82) is 0 Å². The van der Waals surface area contributed by atoms with Gasteiger partial charge >= 0.3 is 11.8 Å². The Bertz CT molecular complexity index is 616. The lowest BCUT2D eigenvalue weighted by molar-refractivity contribution is -0.137. The summed E-state index contributed by atoms with van der Waals surface area (Å²) in [5.74, 6) is -2.11. The Kier molecular flexibility index (Phi) is 3.07. The minimum atomic E-state index is -1.11. The van der Waals surface area contributed by atoms with Crippen LogP contribution in [-0.4, -0.2) is 27.4 Å². The molecule has 0 atom stereocenters. The SMILES string of the molecule is NC(=O)C(=O)N/N=C/c1c(Cl)nc2sccn12. The van der Waals surface area contributed by atoms with Gasteiger partial charge in [-0.1, -0.05) is 11.6 Å². The lowest BCUT2D eigenvalue weighted by Gasteiger charge is -1.93. The molecule has 2 aromatic rings. The van der Waals surface area contributed by atoms with Crippen LogP contribution in [0.1, 0.15) is 5.69 Å². The highest BCUT2D eigenvalue weighted by Gasteiger charge is 2.10. The molecule has 0 saturated carbocycles. The molecule has 0 aliphatic heterocycles. The van der Waals surface area contributed by atoms with Crippen LogP contribution in [0, 0.1) is 0 Å². The number of carbonyl (C=O) groups is 2. The topological polar surface area (TPSA) is 102 Å². The third-order valence-corrected chi connectivity index (χ3v) is 2.87. The molecule has 2 aromatic heterocycles. The van der Waals surface area contributed by atoms with Gasteiger partial charge < -0.3 is 5.73 Å². The van der Waals surface area contributed by atoms with E-state index >= 15 is 0 Å². The van der Waals surface area contributed by atoms with Crippen molar-refractivity contribution in [1.82, 2.24) is 14.8 Å². The summed E-state index contributed by atoms with van der Waals surface area (Å²) in [7, 11) is 0. The number of halogens is 1. The monoisotopic (exact) mass is 271 g/mol. The average molecular weight is 272 g/mol. The number of amides is 2. The Labute approximate surface area is 104 Å². The summed E-state index contributed by atoms with van der Waals surface area (Å²) in [6.07, 6.45) is 3.05. The van der Waals surface area contributed by atoms with E-state index in [1.165, 1.54) is 17.6 Å².